The molecule has 0 atom stereocenters. The van der Waals surface area contributed by atoms with E-state index >= 15 is 0 Å². The molecule has 0 fully saturated rings. The molecule has 0 rings (SSSR count). The Labute approximate surface area is 94.2 Å². The lowest BCUT2D eigenvalue weighted by molar-refractivity contribution is 0.672. The van der Waals surface area contributed by atoms with Crippen LogP contribution in [0.3, 0.4) is 0 Å². The molecule has 0 aliphatic carbocycles. The van der Waals surface area contributed by atoms with Crippen molar-refractivity contribution in [1.82, 2.24) is 0 Å². The highest BCUT2D eigenvalue weighted by Crippen LogP contribution is 2.41. The van der Waals surface area contributed by atoms with Crippen LogP contribution in [0.15, 0.2) is 11.1 Å². The van der Waals surface area contributed by atoms with Gasteiger partial charge in [-0.3, -0.25) is 0 Å². The van der Waals surface area contributed by atoms with Crippen LogP contribution in [-0.4, -0.2) is 3.23 Å². The van der Waals surface area contributed by atoms with Gasteiger partial charge < -0.3 is 0 Å². The van der Waals surface area contributed by atoms with Crippen LogP contribution >= 0.6 is 47.8 Å². The Morgan fingerprint density at radius 2 is 1.91 bits per heavy atom. The maximum absolute atomic E-state index is 3.83. The minimum Gasteiger partial charge on any atom is -0.0865 e. The fraction of sp³-hybridized carbons (Fsp3) is 0.750. The van der Waals surface area contributed by atoms with Crippen molar-refractivity contribution in [2.45, 2.75) is 35.8 Å². The van der Waals surface area contributed by atoms with E-state index in [9.17, 15) is 0 Å². The van der Waals surface area contributed by atoms with Crippen molar-refractivity contribution >= 4 is 47.8 Å². The fourth-order valence-corrected chi connectivity index (χ4v) is 1.49. The Bertz CT molecular complexity index is 129. The Hall–Kier alpha value is 1.18. The first-order chi connectivity index (χ1) is 5.00. The first-order valence-electron chi connectivity index (χ1n) is 3.73. The lowest BCUT2D eigenvalue weighted by Gasteiger charge is -2.18. The zero-order valence-corrected chi connectivity index (χ0v) is 11.4. The van der Waals surface area contributed by atoms with E-state index in [1.807, 2.05) is 0 Å². The van der Waals surface area contributed by atoms with Crippen molar-refractivity contribution < 1.29 is 0 Å². The molecule has 0 aromatic carbocycles. The van der Waals surface area contributed by atoms with Gasteiger partial charge in [0.25, 0.3) is 0 Å². The quantitative estimate of drug-likeness (QED) is 0.486. The SMILES string of the molecule is C=C(Br)C(Br)(Br)CCCCC. The van der Waals surface area contributed by atoms with Gasteiger partial charge in [-0.25, -0.2) is 0 Å². The molecule has 0 saturated heterocycles. The monoisotopic (exact) mass is 346 g/mol. The Morgan fingerprint density at radius 1 is 1.36 bits per heavy atom. The largest absolute Gasteiger partial charge is 0.111 e. The van der Waals surface area contributed by atoms with E-state index in [1.165, 1.54) is 19.3 Å². The molecule has 0 nitrogen and oxygen atoms in total. The Kier molecular flexibility index (Phi) is 6.38. The molecule has 0 radical (unpaired) electrons. The minimum atomic E-state index is -0.102. The molecule has 0 aromatic rings. The summed E-state index contributed by atoms with van der Waals surface area (Å²) >= 11 is 10.5. The van der Waals surface area contributed by atoms with E-state index in [4.69, 9.17) is 0 Å². The van der Waals surface area contributed by atoms with Crippen molar-refractivity contribution in [1.29, 1.82) is 0 Å². The van der Waals surface area contributed by atoms with Crippen molar-refractivity contribution in [3.63, 3.8) is 0 Å². The maximum atomic E-state index is 3.83. The zero-order valence-electron chi connectivity index (χ0n) is 6.67. The third kappa shape index (κ3) is 5.42. The summed E-state index contributed by atoms with van der Waals surface area (Å²) in [6.07, 6.45) is 4.83. The molecule has 0 saturated carbocycles. The number of rotatable bonds is 5. The smallest absolute Gasteiger partial charge is 0.0865 e. The Morgan fingerprint density at radius 3 is 2.27 bits per heavy atom. The molecule has 0 aliphatic rings. The summed E-state index contributed by atoms with van der Waals surface area (Å²) in [5.41, 5.74) is 0. The van der Waals surface area contributed by atoms with Gasteiger partial charge >= 0.3 is 0 Å². The predicted octanol–water partition coefficient (Wildman–Crippen LogP) is 4.96. The first kappa shape index (κ1) is 12.2. The van der Waals surface area contributed by atoms with Crippen molar-refractivity contribution in [3.8, 4) is 0 Å². The molecule has 0 amide bonds. The molecular weight excluding hydrogens is 336 g/mol. The second-order valence-electron chi connectivity index (χ2n) is 2.57. The van der Waals surface area contributed by atoms with Crippen LogP contribution in [0.2, 0.25) is 0 Å². The summed E-state index contributed by atoms with van der Waals surface area (Å²) in [6.45, 7) is 6.03. The van der Waals surface area contributed by atoms with Crippen molar-refractivity contribution in [3.05, 3.63) is 11.1 Å². The van der Waals surface area contributed by atoms with E-state index in [0.29, 0.717) is 0 Å². The highest BCUT2D eigenvalue weighted by molar-refractivity contribution is 9.26. The number of hydrogen-bond acceptors (Lipinski definition) is 0. The van der Waals surface area contributed by atoms with E-state index < -0.39 is 0 Å². The maximum Gasteiger partial charge on any atom is 0.111 e. The Balaban J connectivity index is 3.64. The first-order valence-corrected chi connectivity index (χ1v) is 6.11. The van der Waals surface area contributed by atoms with Gasteiger partial charge in [0.2, 0.25) is 0 Å². The normalized spacial score (nSPS) is 11.6. The number of allylic oxidation sites excluding steroid dienone is 1. The van der Waals surface area contributed by atoms with Crippen LogP contribution in [0.25, 0.3) is 0 Å². The van der Waals surface area contributed by atoms with Crippen LogP contribution in [0.5, 0.6) is 0 Å². The van der Waals surface area contributed by atoms with Gasteiger partial charge in [0.05, 0.1) is 0 Å². The van der Waals surface area contributed by atoms with Crippen molar-refractivity contribution in [2.75, 3.05) is 0 Å². The topological polar surface area (TPSA) is 0 Å². The molecule has 0 spiro atoms. The number of halogens is 3. The highest BCUT2D eigenvalue weighted by atomic mass is 79.9. The summed E-state index contributed by atoms with van der Waals surface area (Å²) in [7, 11) is 0. The minimum absolute atomic E-state index is 0.102. The fourth-order valence-electron chi connectivity index (χ4n) is 0.733. The third-order valence-electron chi connectivity index (χ3n) is 1.49. The third-order valence-corrected chi connectivity index (χ3v) is 4.98. The predicted molar refractivity (Wildman–Crippen MR) is 62.8 cm³/mol. The summed E-state index contributed by atoms with van der Waals surface area (Å²) in [5.74, 6) is 0. The molecule has 0 aliphatic heterocycles. The number of alkyl halides is 2. The van der Waals surface area contributed by atoms with Crippen LogP contribution in [0, 0.1) is 0 Å². The van der Waals surface area contributed by atoms with Crippen LogP contribution in [0.4, 0.5) is 0 Å². The lowest BCUT2D eigenvalue weighted by atomic mass is 10.1. The number of hydrogen-bond donors (Lipinski definition) is 0. The van der Waals surface area contributed by atoms with Crippen LogP contribution in [0.1, 0.15) is 32.6 Å². The molecule has 0 N–H and O–H groups in total. The molecule has 0 bridgehead atoms. The van der Waals surface area contributed by atoms with E-state index in [2.05, 4.69) is 61.3 Å². The highest BCUT2D eigenvalue weighted by Gasteiger charge is 2.23. The van der Waals surface area contributed by atoms with E-state index in [1.54, 1.807) is 0 Å². The molecule has 3 heteroatoms. The molecule has 11 heavy (non-hydrogen) atoms. The summed E-state index contributed by atoms with van der Waals surface area (Å²) < 4.78 is 0.857. The van der Waals surface area contributed by atoms with Crippen molar-refractivity contribution in [2.24, 2.45) is 0 Å². The molecule has 0 unspecified atom stereocenters. The van der Waals surface area contributed by atoms with Gasteiger partial charge in [-0.15, -0.1) is 0 Å². The molecule has 0 heterocycles. The van der Waals surface area contributed by atoms with Gasteiger partial charge in [-0.2, -0.15) is 0 Å². The second kappa shape index (κ2) is 5.76. The number of unbranched alkanes of at least 4 members (excludes halogenated alkanes) is 2. The van der Waals surface area contributed by atoms with Crippen LogP contribution in [-0.2, 0) is 0 Å². The average molecular weight is 349 g/mol. The lowest BCUT2D eigenvalue weighted by Crippen LogP contribution is -2.09. The van der Waals surface area contributed by atoms with E-state index in [0.717, 1.165) is 10.9 Å². The van der Waals surface area contributed by atoms with E-state index in [-0.39, 0.29) is 3.23 Å². The summed E-state index contributed by atoms with van der Waals surface area (Å²) in [6, 6.07) is 0. The second-order valence-corrected chi connectivity index (χ2v) is 7.30. The van der Waals surface area contributed by atoms with Gasteiger partial charge in [-0.05, 0) is 6.42 Å². The zero-order chi connectivity index (χ0) is 8.91. The molecular formula is C8H13Br3. The van der Waals surface area contributed by atoms with Gasteiger partial charge in [0.1, 0.15) is 3.23 Å². The van der Waals surface area contributed by atoms with Gasteiger partial charge in [0.15, 0.2) is 0 Å². The summed E-state index contributed by atoms with van der Waals surface area (Å²) in [4.78, 5) is 0. The standard InChI is InChI=1S/C8H13Br3/c1-3-4-5-6-8(10,11)7(2)9/h2-6H2,1H3. The summed E-state index contributed by atoms with van der Waals surface area (Å²) in [5, 5.41) is 0. The van der Waals surface area contributed by atoms with Gasteiger partial charge in [-0.1, -0.05) is 80.6 Å². The average Bonchev–Trinajstić information content (AvgIpc) is 1.88. The van der Waals surface area contributed by atoms with Crippen LogP contribution < -0.4 is 0 Å². The molecule has 66 valence electrons. The van der Waals surface area contributed by atoms with Gasteiger partial charge in [0, 0.05) is 4.48 Å². The molecule has 0 aromatic heterocycles.